The van der Waals surface area contributed by atoms with Crippen LogP contribution in [-0.2, 0) is 13.7 Å². The summed E-state index contributed by atoms with van der Waals surface area (Å²) in [6, 6.07) is 18.9. The summed E-state index contributed by atoms with van der Waals surface area (Å²) in [5, 5.41) is 0. The van der Waals surface area contributed by atoms with Crippen molar-refractivity contribution in [1.29, 1.82) is 0 Å². The fourth-order valence-corrected chi connectivity index (χ4v) is 3.39. The summed E-state index contributed by atoms with van der Waals surface area (Å²) in [5.74, 6) is 5.04. The van der Waals surface area contributed by atoms with Gasteiger partial charge in [0.25, 0.3) is 0 Å². The van der Waals surface area contributed by atoms with Crippen molar-refractivity contribution in [2.24, 2.45) is 5.90 Å². The van der Waals surface area contributed by atoms with Crippen LogP contribution in [-0.4, -0.2) is 0 Å². The van der Waals surface area contributed by atoms with Gasteiger partial charge in [-0.1, -0.05) is 65.3 Å². The van der Waals surface area contributed by atoms with Crippen LogP contribution in [0.15, 0.2) is 60.7 Å². The Morgan fingerprint density at radius 2 is 1.25 bits per heavy atom. The van der Waals surface area contributed by atoms with E-state index in [0.29, 0.717) is 0 Å². The van der Waals surface area contributed by atoms with Crippen LogP contribution in [0.1, 0.15) is 23.3 Å². The number of hydrogen-bond donors (Lipinski definition) is 1. The summed E-state index contributed by atoms with van der Waals surface area (Å²) < 4.78 is 15.3. The number of phosphoric ester groups is 1. The minimum Gasteiger partial charge on any atom is -0.604 e. The second kappa shape index (κ2) is 5.58. The smallest absolute Gasteiger partial charge is 0.404 e. The van der Waals surface area contributed by atoms with E-state index in [2.05, 4.69) is 4.62 Å². The number of benzene rings is 2. The molecule has 2 aromatic rings. The maximum Gasteiger partial charge on any atom is 0.404 e. The van der Waals surface area contributed by atoms with Crippen LogP contribution in [0, 0.1) is 0 Å². The van der Waals surface area contributed by atoms with Crippen LogP contribution < -0.4 is 10.8 Å². The van der Waals surface area contributed by atoms with E-state index >= 15 is 0 Å². The molecule has 3 rings (SSSR count). The molecule has 1 heterocycles. The van der Waals surface area contributed by atoms with Gasteiger partial charge in [-0.05, 0) is 11.1 Å². The Morgan fingerprint density at radius 1 is 0.850 bits per heavy atom. The molecule has 1 aliphatic heterocycles. The molecule has 1 aliphatic rings. The van der Waals surface area contributed by atoms with Gasteiger partial charge >= 0.3 is 8.17 Å². The molecule has 2 aromatic carbocycles. The van der Waals surface area contributed by atoms with Crippen LogP contribution in [0.2, 0.25) is 0 Å². The van der Waals surface area contributed by atoms with Gasteiger partial charge in [0.15, 0.2) is 12.2 Å². The minimum atomic E-state index is -3.72. The lowest BCUT2D eigenvalue weighted by Crippen LogP contribution is -2.16. The number of rotatable bonds is 3. The second-order valence-corrected chi connectivity index (χ2v) is 5.95. The third kappa shape index (κ3) is 2.60. The average Bonchev–Trinajstić information content (AvgIpc) is 2.88. The third-order valence-electron chi connectivity index (χ3n) is 3.15. The third-order valence-corrected chi connectivity index (χ3v) is 4.37. The van der Waals surface area contributed by atoms with Crippen LogP contribution in [0.4, 0.5) is 0 Å². The molecule has 0 saturated carbocycles. The van der Waals surface area contributed by atoms with Crippen LogP contribution in [0.5, 0.6) is 0 Å². The van der Waals surface area contributed by atoms with E-state index in [-0.39, 0.29) is 0 Å². The zero-order valence-electron chi connectivity index (χ0n) is 10.6. The number of phosphoric acid groups is 1. The zero-order chi connectivity index (χ0) is 14.0. The van der Waals surface area contributed by atoms with Crippen molar-refractivity contribution < 1.29 is 18.6 Å². The van der Waals surface area contributed by atoms with Crippen molar-refractivity contribution in [1.82, 2.24) is 0 Å². The molecule has 0 aliphatic carbocycles. The second-order valence-electron chi connectivity index (χ2n) is 4.43. The Balaban J connectivity index is 1.97. The molecule has 104 valence electrons. The molecule has 0 radical (unpaired) electrons. The van der Waals surface area contributed by atoms with E-state index in [1.165, 1.54) is 0 Å². The highest BCUT2D eigenvalue weighted by Crippen LogP contribution is 2.67. The van der Waals surface area contributed by atoms with Gasteiger partial charge < -0.3 is 4.89 Å². The lowest BCUT2D eigenvalue weighted by Gasteiger charge is -2.15. The number of nitrogens with two attached hydrogens (primary N) is 1. The molecule has 6 heteroatoms. The van der Waals surface area contributed by atoms with Gasteiger partial charge in [-0.2, -0.15) is 14.9 Å². The van der Waals surface area contributed by atoms with Crippen molar-refractivity contribution in [3.8, 4) is 0 Å². The van der Waals surface area contributed by atoms with E-state index in [9.17, 15) is 4.89 Å². The van der Waals surface area contributed by atoms with Gasteiger partial charge in [0.05, 0.1) is 0 Å². The molecule has 1 fully saturated rings. The molecule has 20 heavy (non-hydrogen) atoms. The van der Waals surface area contributed by atoms with Crippen LogP contribution in [0.3, 0.4) is 0 Å². The molecule has 2 N–H and O–H groups in total. The molecule has 2 atom stereocenters. The highest BCUT2D eigenvalue weighted by atomic mass is 31.2. The summed E-state index contributed by atoms with van der Waals surface area (Å²) >= 11 is 0. The van der Waals surface area contributed by atoms with Gasteiger partial charge in [0.1, 0.15) is 0 Å². The quantitative estimate of drug-likeness (QED) is 0.694. The highest BCUT2D eigenvalue weighted by Gasteiger charge is 2.53. The summed E-state index contributed by atoms with van der Waals surface area (Å²) in [6.45, 7) is 0. The predicted octanol–water partition coefficient (Wildman–Crippen LogP) is 2.44. The zero-order valence-corrected chi connectivity index (χ0v) is 11.5. The summed E-state index contributed by atoms with van der Waals surface area (Å²) in [5.41, 5.74) is 1.72. The van der Waals surface area contributed by atoms with Gasteiger partial charge in [-0.3, -0.25) is 0 Å². The van der Waals surface area contributed by atoms with Crippen molar-refractivity contribution in [3.63, 3.8) is 0 Å². The molecule has 0 bridgehead atoms. The monoisotopic (exact) mass is 291 g/mol. The maximum absolute atomic E-state index is 12.2. The highest BCUT2D eigenvalue weighted by molar-refractivity contribution is 7.54. The maximum atomic E-state index is 12.2. The van der Waals surface area contributed by atoms with E-state index < -0.39 is 20.4 Å². The fourth-order valence-electron chi connectivity index (χ4n) is 2.22. The van der Waals surface area contributed by atoms with Crippen molar-refractivity contribution in [2.75, 3.05) is 0 Å². The Bertz CT molecular complexity index is 518. The Hall–Kier alpha value is -1.33. The van der Waals surface area contributed by atoms with E-state index in [0.717, 1.165) is 11.1 Å². The Morgan fingerprint density at radius 3 is 1.60 bits per heavy atom. The average molecular weight is 291 g/mol. The molecule has 0 aromatic heterocycles. The summed E-state index contributed by atoms with van der Waals surface area (Å²) in [6.07, 6.45) is -1.04. The van der Waals surface area contributed by atoms with E-state index in [1.54, 1.807) is 0 Å². The number of hydrogen-bond acceptors (Lipinski definition) is 5. The first-order valence-corrected chi connectivity index (χ1v) is 7.63. The molecule has 2 unspecified atom stereocenters. The van der Waals surface area contributed by atoms with Crippen molar-refractivity contribution >= 4 is 8.17 Å². The normalized spacial score (nSPS) is 29.5. The molecular formula is C14H14NO4P. The minimum absolute atomic E-state index is 0.520. The predicted molar refractivity (Wildman–Crippen MR) is 72.7 cm³/mol. The van der Waals surface area contributed by atoms with Crippen LogP contribution >= 0.6 is 8.17 Å². The first-order valence-electron chi connectivity index (χ1n) is 6.17. The summed E-state index contributed by atoms with van der Waals surface area (Å²) in [4.78, 5) is 12.2. The van der Waals surface area contributed by atoms with Crippen molar-refractivity contribution in [3.05, 3.63) is 71.8 Å². The van der Waals surface area contributed by atoms with Gasteiger partial charge in [-0.15, -0.1) is 0 Å². The largest absolute Gasteiger partial charge is 0.604 e. The standard InChI is InChI=1S/C14H14NO4P/c15-19-20(16)17-13(11-7-3-1-4-8-11)14(18-20)12-9-5-2-6-10-12/h1-10,13-14H,15H2. The van der Waals surface area contributed by atoms with Gasteiger partial charge in [0, 0.05) is 0 Å². The molecule has 1 saturated heterocycles. The lowest BCUT2D eigenvalue weighted by atomic mass is 9.99. The Labute approximate surface area is 117 Å². The van der Waals surface area contributed by atoms with Crippen LogP contribution in [0.25, 0.3) is 0 Å². The van der Waals surface area contributed by atoms with Gasteiger partial charge in [0.2, 0.25) is 0 Å². The van der Waals surface area contributed by atoms with Gasteiger partial charge in [-0.25, -0.2) is 0 Å². The fraction of sp³-hybridized carbons (Fsp3) is 0.143. The first kappa shape index (κ1) is 13.6. The summed E-state index contributed by atoms with van der Waals surface area (Å²) in [7, 11) is -3.72. The molecule has 0 spiro atoms. The molecular weight excluding hydrogens is 277 g/mol. The van der Waals surface area contributed by atoms with E-state index in [4.69, 9.17) is 14.9 Å². The SMILES string of the molecule is NO[P+]1([O-])OC(c2ccccc2)C(c2ccccc2)O1. The molecule has 0 amide bonds. The van der Waals surface area contributed by atoms with E-state index in [1.807, 2.05) is 60.7 Å². The topological polar surface area (TPSA) is 76.8 Å². The lowest BCUT2D eigenvalue weighted by molar-refractivity contribution is -0.239. The van der Waals surface area contributed by atoms with Crippen molar-refractivity contribution in [2.45, 2.75) is 12.2 Å². The first-order chi connectivity index (χ1) is 9.72. The Kier molecular flexibility index (Phi) is 3.81. The molecule has 5 nitrogen and oxygen atoms in total.